The van der Waals surface area contributed by atoms with Crippen LogP contribution < -0.4 is 11.1 Å². The van der Waals surface area contributed by atoms with Gasteiger partial charge < -0.3 is 11.1 Å². The van der Waals surface area contributed by atoms with E-state index in [1.54, 1.807) is 30.7 Å². The van der Waals surface area contributed by atoms with Crippen molar-refractivity contribution in [2.75, 3.05) is 11.1 Å². The van der Waals surface area contributed by atoms with Crippen molar-refractivity contribution >= 4 is 17.5 Å². The van der Waals surface area contributed by atoms with Crippen molar-refractivity contribution in [2.45, 2.75) is 6.92 Å². The summed E-state index contributed by atoms with van der Waals surface area (Å²) in [6.45, 7) is 1.86. The van der Waals surface area contributed by atoms with Crippen molar-refractivity contribution in [2.24, 2.45) is 0 Å². The number of nitrogens with one attached hydrogen (secondary N) is 1. The zero-order valence-corrected chi connectivity index (χ0v) is 12.4. The number of rotatable bonds is 3. The fourth-order valence-corrected chi connectivity index (χ4v) is 2.00. The Balaban J connectivity index is 1.86. The first-order chi connectivity index (χ1) is 11.1. The molecule has 23 heavy (non-hydrogen) atoms. The monoisotopic (exact) mass is 306 g/mol. The summed E-state index contributed by atoms with van der Waals surface area (Å²) in [5.74, 6) is 0.598. The summed E-state index contributed by atoms with van der Waals surface area (Å²) in [5, 5.41) is 2.70. The van der Waals surface area contributed by atoms with Crippen LogP contribution in [0.3, 0.4) is 0 Å². The van der Waals surface area contributed by atoms with Gasteiger partial charge in [0, 0.05) is 30.4 Å². The summed E-state index contributed by atoms with van der Waals surface area (Å²) in [6, 6.07) is 7.25. The molecule has 1 amide bonds. The van der Waals surface area contributed by atoms with E-state index in [-0.39, 0.29) is 11.4 Å². The van der Waals surface area contributed by atoms with E-state index in [0.29, 0.717) is 11.6 Å². The standard InChI is InChI=1S/C16H14N6O/c1-10-4-2-7-19-14(10)22-16(23)12-9-20-15(21-13(12)17)11-5-3-6-18-8-11/h2-9H,1H3,(H2,17,20,21)(H,19,22,23). The van der Waals surface area contributed by atoms with Gasteiger partial charge in [0.1, 0.15) is 17.2 Å². The predicted molar refractivity (Wildman–Crippen MR) is 86.6 cm³/mol. The molecule has 0 aliphatic heterocycles. The van der Waals surface area contributed by atoms with E-state index < -0.39 is 5.91 Å². The van der Waals surface area contributed by atoms with Gasteiger partial charge >= 0.3 is 0 Å². The van der Waals surface area contributed by atoms with Crippen LogP contribution in [0.5, 0.6) is 0 Å². The number of carbonyl (C=O) groups excluding carboxylic acids is 1. The predicted octanol–water partition coefficient (Wildman–Crippen LogP) is 2.08. The maximum Gasteiger partial charge on any atom is 0.262 e. The maximum absolute atomic E-state index is 12.3. The number of nitrogen functional groups attached to an aromatic ring is 1. The molecule has 0 bridgehead atoms. The lowest BCUT2D eigenvalue weighted by Crippen LogP contribution is -2.17. The normalized spacial score (nSPS) is 10.3. The molecular formula is C16H14N6O. The minimum atomic E-state index is -0.401. The molecule has 7 heteroatoms. The van der Waals surface area contributed by atoms with Crippen LogP contribution >= 0.6 is 0 Å². The molecule has 114 valence electrons. The van der Waals surface area contributed by atoms with Crippen LogP contribution in [0, 0.1) is 6.92 Å². The first kappa shape index (κ1) is 14.6. The summed E-state index contributed by atoms with van der Waals surface area (Å²) >= 11 is 0. The number of hydrogen-bond acceptors (Lipinski definition) is 6. The highest BCUT2D eigenvalue weighted by Gasteiger charge is 2.14. The summed E-state index contributed by atoms with van der Waals surface area (Å²) < 4.78 is 0. The molecule has 0 unspecified atom stereocenters. The molecule has 3 aromatic heterocycles. The average Bonchev–Trinajstić information content (AvgIpc) is 2.57. The van der Waals surface area contributed by atoms with Crippen LogP contribution in [0.2, 0.25) is 0 Å². The van der Waals surface area contributed by atoms with Crippen LogP contribution in [0.1, 0.15) is 15.9 Å². The maximum atomic E-state index is 12.3. The Hall–Kier alpha value is -3.35. The first-order valence-corrected chi connectivity index (χ1v) is 6.91. The molecule has 0 atom stereocenters. The topological polar surface area (TPSA) is 107 Å². The van der Waals surface area contributed by atoms with E-state index in [1.807, 2.05) is 19.1 Å². The molecule has 3 heterocycles. The number of anilines is 2. The fourth-order valence-electron chi connectivity index (χ4n) is 2.00. The quantitative estimate of drug-likeness (QED) is 0.767. The molecule has 0 aliphatic rings. The molecule has 7 nitrogen and oxygen atoms in total. The zero-order valence-electron chi connectivity index (χ0n) is 12.4. The minimum absolute atomic E-state index is 0.102. The van der Waals surface area contributed by atoms with E-state index in [2.05, 4.69) is 25.3 Å². The third-order valence-corrected chi connectivity index (χ3v) is 3.22. The number of nitrogens with zero attached hydrogens (tertiary/aromatic N) is 4. The van der Waals surface area contributed by atoms with Crippen molar-refractivity contribution in [3.63, 3.8) is 0 Å². The highest BCUT2D eigenvalue weighted by molar-refractivity contribution is 6.06. The van der Waals surface area contributed by atoms with Crippen LogP contribution in [-0.2, 0) is 0 Å². The van der Waals surface area contributed by atoms with Gasteiger partial charge in [-0.1, -0.05) is 6.07 Å². The molecule has 3 N–H and O–H groups in total. The second kappa shape index (κ2) is 6.18. The van der Waals surface area contributed by atoms with Crippen molar-refractivity contribution in [1.29, 1.82) is 0 Å². The van der Waals surface area contributed by atoms with Crippen molar-refractivity contribution in [3.8, 4) is 11.4 Å². The summed E-state index contributed by atoms with van der Waals surface area (Å²) in [4.78, 5) is 28.8. The van der Waals surface area contributed by atoms with Crippen molar-refractivity contribution in [1.82, 2.24) is 19.9 Å². The number of carbonyl (C=O) groups is 1. The average molecular weight is 306 g/mol. The van der Waals surface area contributed by atoms with Gasteiger partial charge in [0.25, 0.3) is 5.91 Å². The number of nitrogens with two attached hydrogens (primary N) is 1. The molecule has 3 rings (SSSR count). The molecule has 0 aliphatic carbocycles. The summed E-state index contributed by atoms with van der Waals surface area (Å²) in [5.41, 5.74) is 7.68. The fraction of sp³-hybridized carbons (Fsp3) is 0.0625. The number of hydrogen-bond donors (Lipinski definition) is 2. The molecule has 0 radical (unpaired) electrons. The third kappa shape index (κ3) is 3.13. The van der Waals surface area contributed by atoms with E-state index in [9.17, 15) is 4.79 Å². The van der Waals surface area contributed by atoms with Crippen molar-refractivity contribution < 1.29 is 4.79 Å². The molecule has 0 spiro atoms. The number of pyridine rings is 2. The Morgan fingerprint density at radius 3 is 2.65 bits per heavy atom. The van der Waals surface area contributed by atoms with Crippen LogP contribution in [-0.4, -0.2) is 25.8 Å². The number of amides is 1. The Labute approximate surface area is 132 Å². The van der Waals surface area contributed by atoms with Gasteiger partial charge in [-0.2, -0.15) is 0 Å². The van der Waals surface area contributed by atoms with E-state index in [0.717, 1.165) is 11.1 Å². The van der Waals surface area contributed by atoms with Crippen LogP contribution in [0.15, 0.2) is 49.1 Å². The summed E-state index contributed by atoms with van der Waals surface area (Å²) in [6.07, 6.45) is 6.29. The SMILES string of the molecule is Cc1cccnc1NC(=O)c1cnc(-c2cccnc2)nc1N. The zero-order chi connectivity index (χ0) is 16.2. The van der Waals surface area contributed by atoms with Crippen LogP contribution in [0.4, 0.5) is 11.6 Å². The van der Waals surface area contributed by atoms with Gasteiger partial charge in [-0.3, -0.25) is 9.78 Å². The molecule has 0 aromatic carbocycles. The Bertz CT molecular complexity index is 850. The second-order valence-corrected chi connectivity index (χ2v) is 4.86. The van der Waals surface area contributed by atoms with Gasteiger partial charge in [0.15, 0.2) is 5.82 Å². The van der Waals surface area contributed by atoms with Gasteiger partial charge in [-0.05, 0) is 30.7 Å². The first-order valence-electron chi connectivity index (χ1n) is 6.91. The van der Waals surface area contributed by atoms with E-state index in [1.165, 1.54) is 6.20 Å². The lowest BCUT2D eigenvalue weighted by atomic mass is 10.2. The largest absolute Gasteiger partial charge is 0.383 e. The van der Waals surface area contributed by atoms with Crippen molar-refractivity contribution in [3.05, 3.63) is 60.2 Å². The minimum Gasteiger partial charge on any atom is -0.383 e. The van der Waals surface area contributed by atoms with Gasteiger partial charge in [0.05, 0.1) is 0 Å². The second-order valence-electron chi connectivity index (χ2n) is 4.86. The van der Waals surface area contributed by atoms with E-state index in [4.69, 9.17) is 5.73 Å². The smallest absolute Gasteiger partial charge is 0.262 e. The summed E-state index contributed by atoms with van der Waals surface area (Å²) in [7, 11) is 0. The highest BCUT2D eigenvalue weighted by Crippen LogP contribution is 2.18. The highest BCUT2D eigenvalue weighted by atomic mass is 16.1. The van der Waals surface area contributed by atoms with Gasteiger partial charge in [0.2, 0.25) is 0 Å². The Kier molecular flexibility index (Phi) is 3.92. The van der Waals surface area contributed by atoms with Crippen LogP contribution in [0.25, 0.3) is 11.4 Å². The van der Waals surface area contributed by atoms with E-state index >= 15 is 0 Å². The number of aryl methyl sites for hydroxylation is 1. The van der Waals surface area contributed by atoms with Gasteiger partial charge in [-0.15, -0.1) is 0 Å². The lowest BCUT2D eigenvalue weighted by Gasteiger charge is -2.09. The Morgan fingerprint density at radius 1 is 1.13 bits per heavy atom. The lowest BCUT2D eigenvalue weighted by molar-refractivity contribution is 0.102. The molecule has 0 saturated carbocycles. The third-order valence-electron chi connectivity index (χ3n) is 3.22. The number of aromatic nitrogens is 4. The molecule has 0 saturated heterocycles. The Morgan fingerprint density at radius 2 is 1.96 bits per heavy atom. The van der Waals surface area contributed by atoms with Gasteiger partial charge in [-0.25, -0.2) is 15.0 Å². The molecule has 0 fully saturated rings. The molecule has 3 aromatic rings. The molecular weight excluding hydrogens is 292 g/mol.